The summed E-state index contributed by atoms with van der Waals surface area (Å²) in [4.78, 5) is 39.2. The SMILES string of the molecule is COc1cc2c(c(OC)c1OC)-c1ccc(OC)c(=O)cc1[C@@H](NC(=O)COC(=O)C1CC(C)(C)N(O)C1(C)C)CC2. The molecule has 1 aliphatic heterocycles. The fourth-order valence-electron chi connectivity index (χ4n) is 6.23. The number of carbonyl (C=O) groups excluding carboxylic acids is 2. The Labute approximate surface area is 245 Å². The van der Waals surface area contributed by atoms with Crippen LogP contribution in [-0.4, -0.2) is 68.3 Å². The minimum Gasteiger partial charge on any atom is -0.493 e. The minimum absolute atomic E-state index is 0.142. The molecule has 2 N–H and O–H groups in total. The molecule has 4 rings (SSSR count). The summed E-state index contributed by atoms with van der Waals surface area (Å²) in [6.07, 6.45) is 1.33. The topological polar surface area (TPSA) is 133 Å². The van der Waals surface area contributed by atoms with Gasteiger partial charge in [0.1, 0.15) is 0 Å². The first kappa shape index (κ1) is 31.1. The molecule has 0 saturated carbocycles. The lowest BCUT2D eigenvalue weighted by atomic mass is 9.87. The third-order valence-corrected chi connectivity index (χ3v) is 8.36. The molecule has 2 aromatic carbocycles. The molecule has 1 heterocycles. The number of hydrogen-bond acceptors (Lipinski definition) is 10. The fraction of sp³-hybridized carbons (Fsp3) is 0.516. The van der Waals surface area contributed by atoms with Gasteiger partial charge in [0.2, 0.25) is 11.2 Å². The fourth-order valence-corrected chi connectivity index (χ4v) is 6.23. The van der Waals surface area contributed by atoms with Crippen LogP contribution >= 0.6 is 0 Å². The van der Waals surface area contributed by atoms with Crippen molar-refractivity contribution in [1.29, 1.82) is 0 Å². The molecule has 11 heteroatoms. The van der Waals surface area contributed by atoms with Gasteiger partial charge in [-0.2, -0.15) is 5.06 Å². The number of hydroxylamine groups is 2. The number of amides is 1. The number of benzene rings is 1. The van der Waals surface area contributed by atoms with E-state index in [1.54, 1.807) is 33.1 Å². The molecule has 0 bridgehead atoms. The Hall–Kier alpha value is -3.83. The van der Waals surface area contributed by atoms with Gasteiger partial charge >= 0.3 is 5.97 Å². The molecule has 42 heavy (non-hydrogen) atoms. The van der Waals surface area contributed by atoms with Crippen LogP contribution < -0.4 is 29.7 Å². The summed E-state index contributed by atoms with van der Waals surface area (Å²) < 4.78 is 27.7. The van der Waals surface area contributed by atoms with Crippen LogP contribution in [0.2, 0.25) is 0 Å². The van der Waals surface area contributed by atoms with Gasteiger partial charge in [0.25, 0.3) is 5.91 Å². The van der Waals surface area contributed by atoms with Crippen LogP contribution in [0, 0.1) is 5.92 Å². The highest BCUT2D eigenvalue weighted by Crippen LogP contribution is 2.50. The Balaban J connectivity index is 1.67. The second-order valence-corrected chi connectivity index (χ2v) is 11.8. The Morgan fingerprint density at radius 3 is 2.21 bits per heavy atom. The van der Waals surface area contributed by atoms with E-state index in [-0.39, 0.29) is 11.2 Å². The van der Waals surface area contributed by atoms with Crippen molar-refractivity contribution < 1.29 is 38.5 Å². The van der Waals surface area contributed by atoms with Crippen molar-refractivity contribution in [2.75, 3.05) is 35.0 Å². The van der Waals surface area contributed by atoms with E-state index in [0.717, 1.165) is 5.56 Å². The Kier molecular flexibility index (Phi) is 8.75. The normalized spacial score (nSPS) is 20.4. The molecule has 0 radical (unpaired) electrons. The predicted octanol–water partition coefficient (Wildman–Crippen LogP) is 3.66. The van der Waals surface area contributed by atoms with E-state index in [4.69, 9.17) is 23.7 Å². The van der Waals surface area contributed by atoms with Gasteiger partial charge < -0.3 is 34.2 Å². The molecular formula is C31H40N2O9. The van der Waals surface area contributed by atoms with Crippen molar-refractivity contribution in [3.8, 4) is 34.1 Å². The van der Waals surface area contributed by atoms with Gasteiger partial charge in [0, 0.05) is 11.1 Å². The quantitative estimate of drug-likeness (QED) is 0.443. The highest BCUT2D eigenvalue weighted by atomic mass is 16.5. The van der Waals surface area contributed by atoms with E-state index in [2.05, 4.69) is 5.32 Å². The molecule has 11 nitrogen and oxygen atoms in total. The molecular weight excluding hydrogens is 544 g/mol. The van der Waals surface area contributed by atoms with Crippen LogP contribution in [0.1, 0.15) is 57.7 Å². The summed E-state index contributed by atoms with van der Waals surface area (Å²) in [6.45, 7) is 6.71. The lowest BCUT2D eigenvalue weighted by molar-refractivity contribution is -0.200. The largest absolute Gasteiger partial charge is 0.493 e. The van der Waals surface area contributed by atoms with Crippen LogP contribution in [0.25, 0.3) is 11.1 Å². The zero-order valence-corrected chi connectivity index (χ0v) is 25.5. The molecule has 228 valence electrons. The number of aryl methyl sites for hydroxylation is 1. The number of nitrogens with zero attached hydrogens (tertiary/aromatic N) is 1. The van der Waals surface area contributed by atoms with E-state index in [1.807, 2.05) is 19.9 Å². The van der Waals surface area contributed by atoms with Crippen molar-refractivity contribution in [1.82, 2.24) is 10.4 Å². The highest BCUT2D eigenvalue weighted by Gasteiger charge is 2.55. The molecule has 1 aliphatic carbocycles. The smallest absolute Gasteiger partial charge is 0.311 e. The van der Waals surface area contributed by atoms with Crippen molar-refractivity contribution >= 4 is 11.9 Å². The number of rotatable bonds is 8. The van der Waals surface area contributed by atoms with Gasteiger partial charge in [-0.05, 0) is 81.8 Å². The second-order valence-electron chi connectivity index (χ2n) is 11.8. The summed E-state index contributed by atoms with van der Waals surface area (Å²) in [6, 6.07) is 6.07. The number of ether oxygens (including phenoxy) is 5. The standard InChI is InChI=1S/C31H40N2O9/c1-30(2)15-20(31(3,4)33(30)37)29(36)42-16-25(35)32-21-11-9-17-13-24(39-6)27(40-7)28(41-8)26(17)18-10-12-23(38-5)22(34)14-19(18)21/h10,12-14,20-21,37H,9,11,15-16H2,1-8H3,(H,32,35)/t20?,21-/m0/s1. The third kappa shape index (κ3) is 5.50. The first-order valence-corrected chi connectivity index (χ1v) is 13.8. The number of fused-ring (bicyclic) bond motifs is 3. The Bertz CT molecular complexity index is 1440. The van der Waals surface area contributed by atoms with Gasteiger partial charge in [0.15, 0.2) is 23.9 Å². The van der Waals surface area contributed by atoms with E-state index < -0.39 is 41.5 Å². The van der Waals surface area contributed by atoms with E-state index in [0.29, 0.717) is 53.2 Å². The van der Waals surface area contributed by atoms with Crippen molar-refractivity contribution in [3.63, 3.8) is 0 Å². The zero-order chi connectivity index (χ0) is 31.0. The summed E-state index contributed by atoms with van der Waals surface area (Å²) >= 11 is 0. The van der Waals surface area contributed by atoms with Gasteiger partial charge in [0.05, 0.1) is 45.9 Å². The zero-order valence-electron chi connectivity index (χ0n) is 25.5. The highest BCUT2D eigenvalue weighted by molar-refractivity contribution is 5.85. The van der Waals surface area contributed by atoms with Crippen LogP contribution in [0.15, 0.2) is 29.1 Å². The summed E-state index contributed by atoms with van der Waals surface area (Å²) in [7, 11) is 6.00. The van der Waals surface area contributed by atoms with Crippen molar-refractivity contribution in [2.24, 2.45) is 5.92 Å². The number of hydrogen-bond donors (Lipinski definition) is 2. The summed E-state index contributed by atoms with van der Waals surface area (Å²) in [5.74, 6) is -0.227. The third-order valence-electron chi connectivity index (χ3n) is 8.36. The molecule has 1 amide bonds. The van der Waals surface area contributed by atoms with Crippen LogP contribution in [-0.2, 0) is 20.7 Å². The Morgan fingerprint density at radius 1 is 0.976 bits per heavy atom. The summed E-state index contributed by atoms with van der Waals surface area (Å²) in [5.41, 5.74) is 0.974. The maximum absolute atomic E-state index is 13.2. The lowest BCUT2D eigenvalue weighted by Gasteiger charge is -2.35. The van der Waals surface area contributed by atoms with Gasteiger partial charge in [-0.3, -0.25) is 14.4 Å². The van der Waals surface area contributed by atoms with Crippen LogP contribution in [0.3, 0.4) is 0 Å². The first-order valence-electron chi connectivity index (χ1n) is 13.8. The monoisotopic (exact) mass is 584 g/mol. The Morgan fingerprint density at radius 2 is 1.64 bits per heavy atom. The molecule has 2 aromatic rings. The molecule has 1 saturated heterocycles. The van der Waals surface area contributed by atoms with Gasteiger partial charge in [-0.25, -0.2) is 0 Å². The molecule has 0 aromatic heterocycles. The van der Waals surface area contributed by atoms with E-state index in [9.17, 15) is 19.6 Å². The maximum Gasteiger partial charge on any atom is 0.311 e. The van der Waals surface area contributed by atoms with Crippen molar-refractivity contribution in [2.45, 2.75) is 64.1 Å². The van der Waals surface area contributed by atoms with E-state index in [1.165, 1.54) is 32.5 Å². The maximum atomic E-state index is 13.2. The number of esters is 1. The number of carbonyl (C=O) groups is 2. The van der Waals surface area contributed by atoms with Crippen LogP contribution in [0.5, 0.6) is 23.0 Å². The average molecular weight is 585 g/mol. The number of nitrogens with one attached hydrogen (secondary N) is 1. The molecule has 1 fully saturated rings. The number of methoxy groups -OCH3 is 4. The van der Waals surface area contributed by atoms with E-state index >= 15 is 0 Å². The predicted molar refractivity (Wildman–Crippen MR) is 154 cm³/mol. The average Bonchev–Trinajstić information content (AvgIpc) is 3.10. The lowest BCUT2D eigenvalue weighted by Crippen LogP contribution is -2.48. The summed E-state index contributed by atoms with van der Waals surface area (Å²) in [5, 5.41) is 14.7. The minimum atomic E-state index is -0.859. The van der Waals surface area contributed by atoms with Gasteiger partial charge in [-0.1, -0.05) is 6.07 Å². The molecule has 1 unspecified atom stereocenters. The molecule has 2 atom stereocenters. The first-order chi connectivity index (χ1) is 19.8. The van der Waals surface area contributed by atoms with Crippen LogP contribution in [0.4, 0.5) is 0 Å². The molecule has 0 spiro atoms. The van der Waals surface area contributed by atoms with Crippen molar-refractivity contribution in [3.05, 3.63) is 45.6 Å². The molecule has 2 aliphatic rings. The van der Waals surface area contributed by atoms with Gasteiger partial charge in [-0.15, -0.1) is 0 Å². The second kappa shape index (κ2) is 11.8.